The van der Waals surface area contributed by atoms with Crippen LogP contribution in [0.4, 0.5) is 0 Å². The maximum atomic E-state index is 11.9. The summed E-state index contributed by atoms with van der Waals surface area (Å²) in [5, 5.41) is 15.7. The molecule has 0 aromatic heterocycles. The number of carbonyl (C=O) groups excluding carboxylic acids is 2. The number of hydrogen-bond acceptors (Lipinski definition) is 6. The monoisotopic (exact) mass is 396 g/mol. The van der Waals surface area contributed by atoms with Gasteiger partial charge in [0, 0.05) is 15.9 Å². The number of thioether (sulfide) groups is 1. The van der Waals surface area contributed by atoms with Crippen LogP contribution in [0, 0.1) is 22.7 Å². The Balaban J connectivity index is 2.42. The first-order valence-corrected chi connectivity index (χ1v) is 8.69. The van der Waals surface area contributed by atoms with Crippen molar-refractivity contribution in [3.8, 4) is 6.07 Å². The van der Waals surface area contributed by atoms with Gasteiger partial charge in [-0.25, -0.2) is 0 Å². The fraction of sp³-hybridized carbons (Fsp3) is 0.375. The highest BCUT2D eigenvalue weighted by atomic mass is 79.9. The van der Waals surface area contributed by atoms with Gasteiger partial charge in [0.1, 0.15) is 5.92 Å². The molecule has 122 valence electrons. The molecule has 0 heterocycles. The summed E-state index contributed by atoms with van der Waals surface area (Å²) in [6.07, 6.45) is 0. The van der Waals surface area contributed by atoms with Gasteiger partial charge in [-0.3, -0.25) is 9.59 Å². The molecule has 23 heavy (non-hydrogen) atoms. The summed E-state index contributed by atoms with van der Waals surface area (Å²) in [5.41, 5.74) is 1.03. The third-order valence-corrected chi connectivity index (χ3v) is 4.71. The van der Waals surface area contributed by atoms with E-state index in [4.69, 9.17) is 15.4 Å². The Morgan fingerprint density at radius 1 is 1.39 bits per heavy atom. The van der Waals surface area contributed by atoms with E-state index in [1.54, 1.807) is 13.0 Å². The molecule has 7 heteroatoms. The van der Waals surface area contributed by atoms with Gasteiger partial charge in [0.25, 0.3) is 0 Å². The Labute approximate surface area is 148 Å². The maximum absolute atomic E-state index is 11.9. The highest BCUT2D eigenvalue weighted by Crippen LogP contribution is 2.20. The summed E-state index contributed by atoms with van der Waals surface area (Å²) >= 11 is 4.77. The highest BCUT2D eigenvalue weighted by molar-refractivity contribution is 9.10. The average molecular weight is 397 g/mol. The molecule has 0 fully saturated rings. The van der Waals surface area contributed by atoms with Crippen LogP contribution in [0.1, 0.15) is 19.4 Å². The number of hydrogen-bond donors (Lipinski definition) is 1. The molecular weight excluding hydrogens is 380 g/mol. The molecule has 0 amide bonds. The number of benzene rings is 1. The third kappa shape index (κ3) is 6.55. The first-order valence-electron chi connectivity index (χ1n) is 6.85. The van der Waals surface area contributed by atoms with Crippen LogP contribution in [0.2, 0.25) is 0 Å². The fourth-order valence-corrected chi connectivity index (χ4v) is 2.73. The fourth-order valence-electron chi connectivity index (χ4n) is 1.62. The number of nitriles is 1. The molecule has 0 aliphatic heterocycles. The van der Waals surface area contributed by atoms with Crippen LogP contribution in [-0.4, -0.2) is 29.3 Å². The van der Waals surface area contributed by atoms with E-state index in [0.717, 1.165) is 10.0 Å². The minimum Gasteiger partial charge on any atom is -0.457 e. The molecule has 0 aliphatic carbocycles. The van der Waals surface area contributed by atoms with Crippen molar-refractivity contribution < 1.29 is 14.3 Å². The van der Waals surface area contributed by atoms with Crippen molar-refractivity contribution in [2.75, 3.05) is 6.61 Å². The first-order chi connectivity index (χ1) is 10.8. The number of rotatable bonds is 8. The van der Waals surface area contributed by atoms with Gasteiger partial charge in [-0.2, -0.15) is 5.26 Å². The van der Waals surface area contributed by atoms with Crippen molar-refractivity contribution >= 4 is 45.2 Å². The second-order valence-electron chi connectivity index (χ2n) is 4.90. The van der Waals surface area contributed by atoms with E-state index in [9.17, 15) is 9.59 Å². The van der Waals surface area contributed by atoms with Gasteiger partial charge in [-0.1, -0.05) is 28.1 Å². The molecule has 0 bridgehead atoms. The molecule has 1 aromatic rings. The lowest BCUT2D eigenvalue weighted by Crippen LogP contribution is -2.27. The van der Waals surface area contributed by atoms with Crippen LogP contribution in [0.15, 0.2) is 28.7 Å². The lowest BCUT2D eigenvalue weighted by atomic mass is 10.0. The van der Waals surface area contributed by atoms with Crippen LogP contribution in [0.25, 0.3) is 0 Å². The number of nitrogens with zero attached hydrogens (tertiary/aromatic N) is 1. The normalized spacial score (nSPS) is 12.8. The van der Waals surface area contributed by atoms with Crippen LogP contribution in [0.5, 0.6) is 0 Å². The highest BCUT2D eigenvalue weighted by Gasteiger charge is 2.23. The molecule has 1 rings (SSSR count). The summed E-state index contributed by atoms with van der Waals surface area (Å²) < 4.78 is 5.93. The zero-order chi connectivity index (χ0) is 17.4. The molecule has 0 aliphatic rings. The van der Waals surface area contributed by atoms with Crippen LogP contribution in [-0.2, 0) is 20.1 Å². The average Bonchev–Trinajstić information content (AvgIpc) is 2.52. The van der Waals surface area contributed by atoms with Crippen molar-refractivity contribution in [1.82, 2.24) is 0 Å². The van der Waals surface area contributed by atoms with Gasteiger partial charge in [-0.15, -0.1) is 11.8 Å². The Bertz CT molecular complexity index is 625. The Hall–Kier alpha value is -1.65. The topological polar surface area (TPSA) is 91.0 Å². The molecule has 5 nitrogen and oxygen atoms in total. The van der Waals surface area contributed by atoms with Crippen molar-refractivity contribution in [3.05, 3.63) is 34.3 Å². The number of ether oxygens (including phenoxy) is 1. The number of nitrogens with one attached hydrogen (secondary N) is 1. The van der Waals surface area contributed by atoms with E-state index in [2.05, 4.69) is 15.9 Å². The molecule has 0 saturated heterocycles. The Kier molecular flexibility index (Phi) is 8.00. The summed E-state index contributed by atoms with van der Waals surface area (Å²) in [7, 11) is 0. The standard InChI is InChI=1S/C16H17BrN2O3S/c1-10(19)14(7-18)15(20)8-22-16(21)11(2)23-9-12-3-5-13(17)6-4-12/h3-6,11,14,19H,8-9H2,1-2H3/t11-,14+/m1/s1. The summed E-state index contributed by atoms with van der Waals surface area (Å²) in [5.74, 6) is -1.57. The van der Waals surface area contributed by atoms with Crippen molar-refractivity contribution in [2.45, 2.75) is 24.9 Å². The van der Waals surface area contributed by atoms with Crippen LogP contribution >= 0.6 is 27.7 Å². The van der Waals surface area contributed by atoms with Crippen molar-refractivity contribution in [3.63, 3.8) is 0 Å². The Morgan fingerprint density at radius 3 is 2.52 bits per heavy atom. The van der Waals surface area contributed by atoms with Crippen molar-refractivity contribution in [2.24, 2.45) is 5.92 Å². The van der Waals surface area contributed by atoms with Gasteiger partial charge < -0.3 is 10.1 Å². The zero-order valence-corrected chi connectivity index (χ0v) is 15.2. The third-order valence-electron chi connectivity index (χ3n) is 2.99. The minimum absolute atomic E-state index is 0.0498. The molecule has 1 aromatic carbocycles. The van der Waals surface area contributed by atoms with E-state index in [1.165, 1.54) is 18.7 Å². The summed E-state index contributed by atoms with van der Waals surface area (Å²) in [6.45, 7) is 2.61. The first kappa shape index (κ1) is 19.4. The molecule has 0 saturated carbocycles. The Morgan fingerprint density at radius 2 is 2.00 bits per heavy atom. The SMILES string of the molecule is CC(=N)[C@H](C#N)C(=O)COC(=O)[C@@H](C)SCc1ccc(Br)cc1. The molecule has 2 atom stereocenters. The van der Waals surface area contributed by atoms with Gasteiger partial charge >= 0.3 is 5.97 Å². The van der Waals surface area contributed by atoms with Gasteiger partial charge in [0.2, 0.25) is 0 Å². The van der Waals surface area contributed by atoms with Gasteiger partial charge in [0.05, 0.1) is 11.3 Å². The van der Waals surface area contributed by atoms with Gasteiger partial charge in [0.15, 0.2) is 12.4 Å². The summed E-state index contributed by atoms with van der Waals surface area (Å²) in [6, 6.07) is 9.51. The number of ketones is 1. The van der Waals surface area contributed by atoms with E-state index in [0.29, 0.717) is 5.75 Å². The van der Waals surface area contributed by atoms with E-state index < -0.39 is 29.5 Å². The predicted octanol–water partition coefficient (Wildman–Crippen LogP) is 3.36. The van der Waals surface area contributed by atoms with Crippen LogP contribution in [0.3, 0.4) is 0 Å². The minimum atomic E-state index is -1.14. The number of esters is 1. The molecule has 0 unspecified atom stereocenters. The number of Topliss-reactive ketones (excluding diaryl/α,β-unsaturated/α-hetero) is 1. The zero-order valence-electron chi connectivity index (χ0n) is 12.8. The lowest BCUT2D eigenvalue weighted by molar-refractivity contribution is -0.147. The molecule has 1 N–H and O–H groups in total. The van der Waals surface area contributed by atoms with Crippen molar-refractivity contribution in [1.29, 1.82) is 10.7 Å². The molecule has 0 spiro atoms. The maximum Gasteiger partial charge on any atom is 0.319 e. The van der Waals surface area contributed by atoms with E-state index >= 15 is 0 Å². The summed E-state index contributed by atoms with van der Waals surface area (Å²) in [4.78, 5) is 23.6. The predicted molar refractivity (Wildman–Crippen MR) is 93.4 cm³/mol. The quantitative estimate of drug-likeness (QED) is 0.537. The van der Waals surface area contributed by atoms with E-state index in [1.807, 2.05) is 24.3 Å². The second kappa shape index (κ2) is 9.48. The number of halogens is 1. The number of carbonyl (C=O) groups is 2. The second-order valence-corrected chi connectivity index (χ2v) is 7.14. The smallest absolute Gasteiger partial charge is 0.319 e. The van der Waals surface area contributed by atoms with Crippen LogP contribution < -0.4 is 0 Å². The molecule has 0 radical (unpaired) electrons. The van der Waals surface area contributed by atoms with Gasteiger partial charge in [-0.05, 0) is 31.5 Å². The lowest BCUT2D eigenvalue weighted by Gasteiger charge is -2.12. The largest absolute Gasteiger partial charge is 0.457 e. The molecular formula is C16H17BrN2O3S. The van der Waals surface area contributed by atoms with E-state index in [-0.39, 0.29) is 5.71 Å².